The maximum Gasteiger partial charge on any atom is 0.205 e. The van der Waals surface area contributed by atoms with Crippen molar-refractivity contribution in [2.45, 2.75) is 46.6 Å². The molecule has 0 spiro atoms. The van der Waals surface area contributed by atoms with Crippen LogP contribution in [0.3, 0.4) is 0 Å². The van der Waals surface area contributed by atoms with E-state index in [0.29, 0.717) is 11.3 Å². The molecule has 1 aromatic rings. The van der Waals surface area contributed by atoms with Crippen LogP contribution in [0.4, 0.5) is 4.39 Å². The van der Waals surface area contributed by atoms with E-state index in [1.807, 2.05) is 6.92 Å². The summed E-state index contributed by atoms with van der Waals surface area (Å²) < 4.78 is 23.8. The molecule has 0 amide bonds. The Morgan fingerprint density at radius 2 is 2.04 bits per heavy atom. The van der Waals surface area contributed by atoms with Crippen molar-refractivity contribution in [2.24, 2.45) is 11.3 Å². The lowest BCUT2D eigenvalue weighted by molar-refractivity contribution is 0.0789. The predicted octanol–water partition coefficient (Wildman–Crippen LogP) is 4.03. The van der Waals surface area contributed by atoms with Gasteiger partial charge in [-0.05, 0) is 36.1 Å². The molecule has 0 aromatic heterocycles. The highest BCUT2D eigenvalue weighted by atomic mass is 19.1. The van der Waals surface area contributed by atoms with Crippen molar-refractivity contribution in [3.05, 3.63) is 54.4 Å². The Hall–Kier alpha value is -2.18. The summed E-state index contributed by atoms with van der Waals surface area (Å²) in [5.41, 5.74) is 0.559. The topological polar surface area (TPSA) is 74.6 Å². The number of ether oxygens (including phenoxy) is 2. The minimum Gasteiger partial charge on any atom is -0.497 e. The van der Waals surface area contributed by atoms with E-state index in [2.05, 4.69) is 32.7 Å². The molecule has 3 N–H and O–H groups in total. The fourth-order valence-corrected chi connectivity index (χ4v) is 2.16. The molecule has 1 aromatic carbocycles. The Labute approximate surface area is 161 Å². The van der Waals surface area contributed by atoms with Crippen LogP contribution >= 0.6 is 0 Å². The van der Waals surface area contributed by atoms with Crippen molar-refractivity contribution >= 4 is 5.90 Å². The van der Waals surface area contributed by atoms with E-state index >= 15 is 0 Å². The Morgan fingerprint density at radius 1 is 1.37 bits per heavy atom. The normalized spacial score (nSPS) is 15.2. The highest BCUT2D eigenvalue weighted by Gasteiger charge is 2.24. The number of hydrogen-bond acceptors (Lipinski definition) is 5. The third-order valence-electron chi connectivity index (χ3n) is 4.39. The van der Waals surface area contributed by atoms with E-state index in [9.17, 15) is 9.50 Å². The van der Waals surface area contributed by atoms with Crippen molar-refractivity contribution in [1.29, 1.82) is 5.41 Å². The average Bonchev–Trinajstić information content (AvgIpc) is 2.59. The zero-order chi connectivity index (χ0) is 20.6. The third-order valence-corrected chi connectivity index (χ3v) is 4.39. The second-order valence-electron chi connectivity index (χ2n) is 7.52. The van der Waals surface area contributed by atoms with Crippen LogP contribution in [0.1, 0.15) is 33.3 Å². The largest absolute Gasteiger partial charge is 0.497 e. The van der Waals surface area contributed by atoms with Crippen LogP contribution in [0.5, 0.6) is 5.75 Å². The van der Waals surface area contributed by atoms with Gasteiger partial charge in [-0.15, -0.1) is 6.58 Å². The van der Waals surface area contributed by atoms with Gasteiger partial charge in [0, 0.05) is 18.0 Å². The van der Waals surface area contributed by atoms with Crippen LogP contribution in [-0.4, -0.2) is 30.4 Å². The van der Waals surface area contributed by atoms with Gasteiger partial charge in [-0.2, -0.15) is 0 Å². The maximum absolute atomic E-state index is 13.5. The van der Waals surface area contributed by atoms with Crippen molar-refractivity contribution in [3.8, 4) is 5.75 Å². The lowest BCUT2D eigenvalue weighted by atomic mass is 9.87. The summed E-state index contributed by atoms with van der Waals surface area (Å²) in [4.78, 5) is 0. The summed E-state index contributed by atoms with van der Waals surface area (Å²) in [6.07, 6.45) is 3.88. The highest BCUT2D eigenvalue weighted by molar-refractivity contribution is 5.84. The smallest absolute Gasteiger partial charge is 0.205 e. The van der Waals surface area contributed by atoms with E-state index in [1.54, 1.807) is 18.2 Å². The number of aliphatic hydroxyl groups is 1. The second kappa shape index (κ2) is 10.2. The quantitative estimate of drug-likeness (QED) is 0.262. The van der Waals surface area contributed by atoms with Gasteiger partial charge in [-0.3, -0.25) is 10.7 Å². The van der Waals surface area contributed by atoms with Gasteiger partial charge in [-0.1, -0.05) is 32.9 Å². The van der Waals surface area contributed by atoms with Crippen molar-refractivity contribution < 1.29 is 19.0 Å². The van der Waals surface area contributed by atoms with Crippen LogP contribution in [0.2, 0.25) is 0 Å². The number of hydrogen-bond donors (Lipinski definition) is 3. The fourth-order valence-electron chi connectivity index (χ4n) is 2.16. The van der Waals surface area contributed by atoms with Crippen LogP contribution in [-0.2, 0) is 11.3 Å². The molecule has 0 radical (unpaired) electrons. The standard InChI is InChI=1S/C21H31FN2O3/c1-7-16(20(25)24-14(2)21(3,4)5)8-9-19(23)27-13-15-10-17(22)12-18(11-15)26-6/h7-12,14,16,20,23-25H,1,13H2,2-6H3/b9-8-,23-19?. The highest BCUT2D eigenvalue weighted by Crippen LogP contribution is 2.20. The molecule has 0 aliphatic heterocycles. The summed E-state index contributed by atoms with van der Waals surface area (Å²) in [6.45, 7) is 12.0. The number of nitrogens with one attached hydrogen (secondary N) is 2. The lowest BCUT2D eigenvalue weighted by Crippen LogP contribution is -2.46. The van der Waals surface area contributed by atoms with Crippen molar-refractivity contribution in [3.63, 3.8) is 0 Å². The number of rotatable bonds is 9. The molecular formula is C21H31FN2O3. The first-order chi connectivity index (χ1) is 12.6. The van der Waals surface area contributed by atoms with Crippen molar-refractivity contribution in [1.82, 2.24) is 5.32 Å². The zero-order valence-electron chi connectivity index (χ0n) is 16.8. The van der Waals surface area contributed by atoms with Crippen LogP contribution in [0, 0.1) is 22.6 Å². The molecule has 1 rings (SSSR count). The maximum atomic E-state index is 13.5. The Kier molecular flexibility index (Phi) is 8.66. The van der Waals surface area contributed by atoms with E-state index in [-0.39, 0.29) is 29.9 Å². The molecule has 0 heterocycles. The van der Waals surface area contributed by atoms with E-state index in [1.165, 1.54) is 25.3 Å². The molecular weight excluding hydrogens is 347 g/mol. The van der Waals surface area contributed by atoms with E-state index in [0.717, 1.165) is 0 Å². The number of halogens is 1. The van der Waals surface area contributed by atoms with Crippen LogP contribution < -0.4 is 10.1 Å². The molecule has 0 bridgehead atoms. The van der Waals surface area contributed by atoms with E-state index in [4.69, 9.17) is 14.9 Å². The van der Waals surface area contributed by atoms with Gasteiger partial charge in [0.25, 0.3) is 0 Å². The third kappa shape index (κ3) is 7.93. The van der Waals surface area contributed by atoms with E-state index < -0.39 is 12.0 Å². The molecule has 0 saturated heterocycles. The van der Waals surface area contributed by atoms with Gasteiger partial charge in [0.05, 0.1) is 7.11 Å². The molecule has 5 nitrogen and oxygen atoms in total. The summed E-state index contributed by atoms with van der Waals surface area (Å²) in [6, 6.07) is 4.33. The number of methoxy groups -OCH3 is 1. The second-order valence-corrected chi connectivity index (χ2v) is 7.52. The van der Waals surface area contributed by atoms with Gasteiger partial charge < -0.3 is 14.6 Å². The SMILES string of the molecule is C=CC(/C=C\C(=N)OCc1cc(F)cc(OC)c1)C(O)NC(C)C(C)(C)C. The molecule has 3 atom stereocenters. The summed E-state index contributed by atoms with van der Waals surface area (Å²) in [5.74, 6) is -0.511. The zero-order valence-corrected chi connectivity index (χ0v) is 16.8. The summed E-state index contributed by atoms with van der Waals surface area (Å²) >= 11 is 0. The minimum atomic E-state index is -0.826. The summed E-state index contributed by atoms with van der Waals surface area (Å²) in [7, 11) is 1.46. The molecule has 0 aliphatic carbocycles. The molecule has 27 heavy (non-hydrogen) atoms. The van der Waals surface area contributed by atoms with Crippen molar-refractivity contribution in [2.75, 3.05) is 7.11 Å². The number of benzene rings is 1. The molecule has 6 heteroatoms. The van der Waals surface area contributed by atoms with Crippen LogP contribution in [0.15, 0.2) is 43.0 Å². The van der Waals surface area contributed by atoms with Gasteiger partial charge in [0.1, 0.15) is 24.4 Å². The Morgan fingerprint density at radius 3 is 2.59 bits per heavy atom. The first kappa shape index (κ1) is 22.9. The first-order valence-corrected chi connectivity index (χ1v) is 8.86. The first-order valence-electron chi connectivity index (χ1n) is 8.86. The van der Waals surface area contributed by atoms with Crippen LogP contribution in [0.25, 0.3) is 0 Å². The lowest BCUT2D eigenvalue weighted by Gasteiger charge is -2.32. The monoisotopic (exact) mass is 378 g/mol. The predicted molar refractivity (Wildman–Crippen MR) is 106 cm³/mol. The molecule has 3 unspecified atom stereocenters. The van der Waals surface area contributed by atoms with Gasteiger partial charge in [-0.25, -0.2) is 4.39 Å². The van der Waals surface area contributed by atoms with Gasteiger partial charge in [0.15, 0.2) is 0 Å². The molecule has 0 aliphatic rings. The fraction of sp³-hybridized carbons (Fsp3) is 0.476. The molecule has 0 fully saturated rings. The molecule has 0 saturated carbocycles. The van der Waals surface area contributed by atoms with Gasteiger partial charge in [0.2, 0.25) is 5.90 Å². The summed E-state index contributed by atoms with van der Waals surface area (Å²) in [5, 5.41) is 21.4. The Balaban J connectivity index is 2.62. The Bertz CT molecular complexity index is 668. The molecule has 150 valence electrons. The van der Waals surface area contributed by atoms with Gasteiger partial charge >= 0.3 is 0 Å². The average molecular weight is 378 g/mol. The minimum absolute atomic E-state index is 0.00174. The number of aliphatic hydroxyl groups excluding tert-OH is 1.